The van der Waals surface area contributed by atoms with E-state index in [1.807, 2.05) is 0 Å². The highest BCUT2D eigenvalue weighted by molar-refractivity contribution is 6.05. The summed E-state index contributed by atoms with van der Waals surface area (Å²) >= 11 is 0. The van der Waals surface area contributed by atoms with E-state index in [4.69, 9.17) is 21.0 Å². The maximum absolute atomic E-state index is 12.9. The smallest absolute Gasteiger partial charge is 0.341 e. The van der Waals surface area contributed by atoms with Crippen molar-refractivity contribution in [1.29, 1.82) is 5.41 Å². The molecule has 8 nitrogen and oxygen atoms in total. The Kier molecular flexibility index (Phi) is 5.92. The average Bonchev–Trinajstić information content (AvgIpc) is 3.21. The number of aliphatic carboxylic acids is 1. The average molecular weight is 395 g/mol. The molecule has 2 aromatic rings. The lowest BCUT2D eigenvalue weighted by Gasteiger charge is -2.24. The van der Waals surface area contributed by atoms with Crippen molar-refractivity contribution in [2.24, 2.45) is 5.73 Å². The third-order valence-electron chi connectivity index (χ3n) is 4.76. The number of Topliss-reactive ketones (excluding diaryl/α,β-unsaturated/α-hetero) is 1. The van der Waals surface area contributed by atoms with Gasteiger partial charge in [-0.2, -0.15) is 0 Å². The predicted octanol–water partition coefficient (Wildman–Crippen LogP) is 1.92. The van der Waals surface area contributed by atoms with Crippen LogP contribution in [0.25, 0.3) is 0 Å². The fraction of sp³-hybridized carbons (Fsp3) is 0.238. The summed E-state index contributed by atoms with van der Waals surface area (Å²) in [5.74, 6) is -1.21. The van der Waals surface area contributed by atoms with Crippen molar-refractivity contribution in [3.05, 3.63) is 65.2 Å². The molecule has 150 valence electrons. The highest BCUT2D eigenvalue weighted by atomic mass is 16.5. The zero-order valence-corrected chi connectivity index (χ0v) is 15.6. The van der Waals surface area contributed by atoms with Gasteiger partial charge >= 0.3 is 5.97 Å². The predicted molar refractivity (Wildman–Crippen MR) is 105 cm³/mol. The largest absolute Gasteiger partial charge is 0.482 e. The summed E-state index contributed by atoms with van der Waals surface area (Å²) in [4.78, 5) is 38.0. The van der Waals surface area contributed by atoms with E-state index in [2.05, 4.69) is 0 Å². The van der Waals surface area contributed by atoms with E-state index in [0.717, 1.165) is 6.42 Å². The van der Waals surface area contributed by atoms with Gasteiger partial charge in [-0.15, -0.1) is 0 Å². The Morgan fingerprint density at radius 3 is 2.21 bits per heavy atom. The number of likely N-dealkylation sites (tertiary alicyclic amines) is 1. The number of carboxylic acid groups (broad SMARTS) is 1. The van der Waals surface area contributed by atoms with Gasteiger partial charge < -0.3 is 20.5 Å². The minimum Gasteiger partial charge on any atom is -0.482 e. The van der Waals surface area contributed by atoms with Gasteiger partial charge in [0.05, 0.1) is 6.04 Å². The van der Waals surface area contributed by atoms with E-state index in [1.165, 1.54) is 12.1 Å². The normalized spacial score (nSPS) is 15.7. The van der Waals surface area contributed by atoms with Crippen LogP contribution in [0.4, 0.5) is 0 Å². The second-order valence-corrected chi connectivity index (χ2v) is 6.72. The van der Waals surface area contributed by atoms with Crippen molar-refractivity contribution in [3.63, 3.8) is 0 Å². The van der Waals surface area contributed by atoms with Gasteiger partial charge in [-0.1, -0.05) is 12.1 Å². The number of ether oxygens (including phenoxy) is 1. The van der Waals surface area contributed by atoms with E-state index < -0.39 is 18.6 Å². The van der Waals surface area contributed by atoms with Crippen molar-refractivity contribution in [2.75, 3.05) is 13.2 Å². The molecule has 3 rings (SSSR count). The molecule has 0 aromatic heterocycles. The molecule has 0 radical (unpaired) electrons. The summed E-state index contributed by atoms with van der Waals surface area (Å²) < 4.78 is 5.07. The molecule has 1 saturated heterocycles. The number of benzene rings is 2. The van der Waals surface area contributed by atoms with Crippen LogP contribution in [-0.2, 0) is 4.79 Å². The maximum atomic E-state index is 12.9. The molecule has 1 fully saturated rings. The van der Waals surface area contributed by atoms with Gasteiger partial charge in [0.25, 0.3) is 5.91 Å². The Bertz CT molecular complexity index is 938. The molecular weight excluding hydrogens is 374 g/mol. The molecule has 1 aliphatic rings. The summed E-state index contributed by atoms with van der Waals surface area (Å²) in [5.41, 5.74) is 6.84. The highest BCUT2D eigenvalue weighted by Crippen LogP contribution is 2.24. The van der Waals surface area contributed by atoms with E-state index in [0.29, 0.717) is 35.4 Å². The van der Waals surface area contributed by atoms with Crippen LogP contribution in [0.15, 0.2) is 48.5 Å². The van der Waals surface area contributed by atoms with E-state index >= 15 is 0 Å². The number of ketones is 1. The summed E-state index contributed by atoms with van der Waals surface area (Å²) in [7, 11) is 0. The van der Waals surface area contributed by atoms with Crippen molar-refractivity contribution in [3.8, 4) is 5.75 Å². The quantitative estimate of drug-likeness (QED) is 0.373. The molecule has 1 unspecified atom stereocenters. The van der Waals surface area contributed by atoms with Crippen molar-refractivity contribution < 1.29 is 24.2 Å². The fourth-order valence-corrected chi connectivity index (χ4v) is 3.29. The van der Waals surface area contributed by atoms with Crippen molar-refractivity contribution in [2.45, 2.75) is 18.9 Å². The lowest BCUT2D eigenvalue weighted by Crippen LogP contribution is -2.40. The van der Waals surface area contributed by atoms with E-state index in [-0.39, 0.29) is 17.5 Å². The number of carboxylic acids is 1. The molecule has 1 heterocycles. The molecule has 29 heavy (non-hydrogen) atoms. The van der Waals surface area contributed by atoms with Crippen LogP contribution < -0.4 is 10.5 Å². The number of nitrogens with two attached hydrogens (primary N) is 1. The molecule has 2 aromatic carbocycles. The number of hydrogen-bond acceptors (Lipinski definition) is 5. The number of amidine groups is 1. The van der Waals surface area contributed by atoms with Crippen LogP contribution in [0, 0.1) is 5.41 Å². The number of hydrogen-bond donors (Lipinski definition) is 3. The van der Waals surface area contributed by atoms with E-state index in [9.17, 15) is 14.4 Å². The lowest BCUT2D eigenvalue weighted by atomic mass is 10.0. The SMILES string of the molecule is N=C(N)c1ccc(C(=O)N2CCCC2C(=O)c2ccc(OCC(=O)O)cc2)cc1. The number of carbonyl (C=O) groups excluding carboxylic acids is 2. The van der Waals surface area contributed by atoms with Gasteiger partial charge in [0, 0.05) is 23.2 Å². The molecule has 4 N–H and O–H groups in total. The number of nitrogens with one attached hydrogen (secondary N) is 1. The zero-order valence-electron chi connectivity index (χ0n) is 15.6. The van der Waals surface area contributed by atoms with Gasteiger partial charge in [0.1, 0.15) is 11.6 Å². The first-order chi connectivity index (χ1) is 13.9. The minimum atomic E-state index is -1.08. The first kappa shape index (κ1) is 20.1. The molecular formula is C21H21N3O5. The molecule has 0 saturated carbocycles. The number of nitrogen functional groups attached to an aromatic ring is 1. The lowest BCUT2D eigenvalue weighted by molar-refractivity contribution is -0.139. The van der Waals surface area contributed by atoms with Crippen LogP contribution in [-0.4, -0.2) is 52.7 Å². The molecule has 1 amide bonds. The second kappa shape index (κ2) is 8.55. The molecule has 0 aliphatic carbocycles. The van der Waals surface area contributed by atoms with Crippen LogP contribution in [0.2, 0.25) is 0 Å². The van der Waals surface area contributed by atoms with Crippen LogP contribution in [0.5, 0.6) is 5.75 Å². The summed E-state index contributed by atoms with van der Waals surface area (Å²) in [6.07, 6.45) is 1.31. The summed E-state index contributed by atoms with van der Waals surface area (Å²) in [6, 6.07) is 12.1. The summed E-state index contributed by atoms with van der Waals surface area (Å²) in [6.45, 7) is 0.0319. The van der Waals surface area contributed by atoms with Crippen LogP contribution >= 0.6 is 0 Å². The molecule has 1 atom stereocenters. The van der Waals surface area contributed by atoms with Gasteiger partial charge in [0.15, 0.2) is 12.4 Å². The number of carbonyl (C=O) groups is 3. The standard InChI is InChI=1S/C21H21N3O5/c22-20(23)14-3-5-15(6-4-14)21(28)24-11-1-2-17(24)19(27)13-7-9-16(10-8-13)29-12-18(25)26/h3-10,17H,1-2,11-12H2,(H3,22,23)(H,25,26). The first-order valence-corrected chi connectivity index (χ1v) is 9.11. The fourth-order valence-electron chi connectivity index (χ4n) is 3.29. The van der Waals surface area contributed by atoms with Gasteiger partial charge in [0.2, 0.25) is 0 Å². The van der Waals surface area contributed by atoms with E-state index in [1.54, 1.807) is 41.3 Å². The van der Waals surface area contributed by atoms with Gasteiger partial charge in [-0.25, -0.2) is 4.79 Å². The van der Waals surface area contributed by atoms with Crippen LogP contribution in [0.1, 0.15) is 39.1 Å². The number of nitrogens with zero attached hydrogens (tertiary/aromatic N) is 1. The Balaban J connectivity index is 1.72. The van der Waals surface area contributed by atoms with Crippen molar-refractivity contribution >= 4 is 23.5 Å². The Hall–Kier alpha value is -3.68. The highest BCUT2D eigenvalue weighted by Gasteiger charge is 2.34. The first-order valence-electron chi connectivity index (χ1n) is 9.11. The monoisotopic (exact) mass is 395 g/mol. The molecule has 0 bridgehead atoms. The maximum Gasteiger partial charge on any atom is 0.341 e. The third-order valence-corrected chi connectivity index (χ3v) is 4.76. The van der Waals surface area contributed by atoms with Crippen molar-refractivity contribution in [1.82, 2.24) is 4.90 Å². The van der Waals surface area contributed by atoms with Gasteiger partial charge in [-0.05, 0) is 49.2 Å². The topological polar surface area (TPSA) is 134 Å². The second-order valence-electron chi connectivity index (χ2n) is 6.72. The van der Waals surface area contributed by atoms with Crippen LogP contribution in [0.3, 0.4) is 0 Å². The number of amides is 1. The molecule has 0 spiro atoms. The third kappa shape index (κ3) is 4.60. The molecule has 1 aliphatic heterocycles. The zero-order chi connectivity index (χ0) is 21.0. The minimum absolute atomic E-state index is 0.0750. The molecule has 8 heteroatoms. The Morgan fingerprint density at radius 1 is 1.03 bits per heavy atom. The summed E-state index contributed by atoms with van der Waals surface area (Å²) in [5, 5.41) is 16.1. The Morgan fingerprint density at radius 2 is 1.62 bits per heavy atom. The Labute approximate surface area is 167 Å². The van der Waals surface area contributed by atoms with Gasteiger partial charge in [-0.3, -0.25) is 15.0 Å². The number of rotatable bonds is 7.